The highest BCUT2D eigenvalue weighted by molar-refractivity contribution is 7.88. The van der Waals surface area contributed by atoms with Crippen LogP contribution in [0.4, 0.5) is 10.5 Å². The summed E-state index contributed by atoms with van der Waals surface area (Å²) in [5.41, 5.74) is 0.972. The van der Waals surface area contributed by atoms with E-state index < -0.39 is 15.9 Å². The molecule has 1 saturated heterocycles. The van der Waals surface area contributed by atoms with Gasteiger partial charge in [-0.1, -0.05) is 0 Å². The summed E-state index contributed by atoms with van der Waals surface area (Å²) in [6.07, 6.45) is 2.44. The van der Waals surface area contributed by atoms with Crippen molar-refractivity contribution in [1.29, 1.82) is 0 Å². The maximum Gasteiger partial charge on any atom is 0.321 e. The summed E-state index contributed by atoms with van der Waals surface area (Å²) < 4.78 is 25.3. The Morgan fingerprint density at radius 1 is 1.19 bits per heavy atom. The molecule has 26 heavy (non-hydrogen) atoms. The van der Waals surface area contributed by atoms with Crippen LogP contribution in [0.1, 0.15) is 33.6 Å². The first-order valence-corrected chi connectivity index (χ1v) is 10.0. The van der Waals surface area contributed by atoms with E-state index in [-0.39, 0.29) is 30.1 Å². The molecule has 10 heteroatoms. The Labute approximate surface area is 151 Å². The number of imide groups is 1. The topological polar surface area (TPSA) is 116 Å². The highest BCUT2D eigenvalue weighted by atomic mass is 32.2. The molecule has 0 aromatic heterocycles. The molecule has 4 amide bonds. The van der Waals surface area contributed by atoms with Gasteiger partial charge in [-0.15, -0.1) is 0 Å². The van der Waals surface area contributed by atoms with Gasteiger partial charge < -0.3 is 10.2 Å². The quantitative estimate of drug-likeness (QED) is 0.739. The molecule has 140 valence electrons. The van der Waals surface area contributed by atoms with Crippen molar-refractivity contribution in [2.24, 2.45) is 0 Å². The first-order chi connectivity index (χ1) is 12.2. The van der Waals surface area contributed by atoms with Crippen molar-refractivity contribution in [2.45, 2.75) is 18.9 Å². The second-order valence-electron chi connectivity index (χ2n) is 6.54. The van der Waals surface area contributed by atoms with Gasteiger partial charge in [0, 0.05) is 31.9 Å². The third-order valence-electron chi connectivity index (χ3n) is 4.43. The number of nitrogens with zero attached hydrogens (tertiary/aromatic N) is 2. The third-order valence-corrected chi connectivity index (χ3v) is 5.19. The van der Waals surface area contributed by atoms with Crippen molar-refractivity contribution in [3.63, 3.8) is 0 Å². The van der Waals surface area contributed by atoms with Crippen LogP contribution < -0.4 is 10.0 Å². The minimum atomic E-state index is -3.34. The summed E-state index contributed by atoms with van der Waals surface area (Å²) in [6.45, 7) is 0.781. The molecule has 1 fully saturated rings. The van der Waals surface area contributed by atoms with Crippen molar-refractivity contribution >= 4 is 33.6 Å². The lowest BCUT2D eigenvalue weighted by Gasteiger charge is -2.32. The van der Waals surface area contributed by atoms with Gasteiger partial charge in [0.05, 0.1) is 17.4 Å². The number of amides is 4. The van der Waals surface area contributed by atoms with Gasteiger partial charge >= 0.3 is 6.03 Å². The molecule has 1 atom stereocenters. The maximum absolute atomic E-state index is 12.5. The van der Waals surface area contributed by atoms with Gasteiger partial charge in [0.2, 0.25) is 10.0 Å². The van der Waals surface area contributed by atoms with Crippen LogP contribution in [-0.2, 0) is 10.0 Å². The van der Waals surface area contributed by atoms with Gasteiger partial charge in [0.25, 0.3) is 11.8 Å². The van der Waals surface area contributed by atoms with Crippen molar-refractivity contribution in [3.8, 4) is 0 Å². The largest absolute Gasteiger partial charge is 0.323 e. The van der Waals surface area contributed by atoms with Crippen molar-refractivity contribution in [3.05, 3.63) is 29.3 Å². The van der Waals surface area contributed by atoms with Gasteiger partial charge in [0.1, 0.15) is 0 Å². The van der Waals surface area contributed by atoms with Crippen LogP contribution in [0.3, 0.4) is 0 Å². The molecule has 2 aliphatic rings. The van der Waals surface area contributed by atoms with Crippen molar-refractivity contribution in [1.82, 2.24) is 14.5 Å². The van der Waals surface area contributed by atoms with Crippen molar-refractivity contribution in [2.75, 3.05) is 31.7 Å². The minimum absolute atomic E-state index is 0.255. The summed E-state index contributed by atoms with van der Waals surface area (Å²) in [6, 6.07) is 3.86. The number of hydrogen-bond acceptors (Lipinski definition) is 5. The molecular formula is C16H20N4O5S. The molecule has 1 aromatic carbocycles. The van der Waals surface area contributed by atoms with Gasteiger partial charge in [-0.25, -0.2) is 17.9 Å². The number of likely N-dealkylation sites (tertiary alicyclic amines) is 1. The number of rotatable bonds is 3. The predicted molar refractivity (Wildman–Crippen MR) is 94.5 cm³/mol. The molecular weight excluding hydrogens is 360 g/mol. The monoisotopic (exact) mass is 380 g/mol. The molecule has 0 saturated carbocycles. The number of carbonyl (C=O) groups is 3. The Kier molecular flexibility index (Phi) is 4.72. The summed E-state index contributed by atoms with van der Waals surface area (Å²) in [7, 11) is -1.93. The standard InChI is InChI=1S/C16H20N4O5S/c1-19-14(21)12-6-5-10(8-13(12)15(19)22)17-16(23)20-7-3-4-11(9-20)18-26(2,24)25/h5-6,8,11,18H,3-4,7,9H2,1-2H3,(H,17,23)/t11-/m0/s1. The van der Waals surface area contributed by atoms with Crippen LogP contribution in [0, 0.1) is 0 Å². The second kappa shape index (κ2) is 6.69. The summed E-state index contributed by atoms with van der Waals surface area (Å²) >= 11 is 0. The minimum Gasteiger partial charge on any atom is -0.323 e. The molecule has 0 aliphatic carbocycles. The number of carbonyl (C=O) groups excluding carboxylic acids is 3. The molecule has 0 radical (unpaired) electrons. The average Bonchev–Trinajstić information content (AvgIpc) is 2.78. The molecule has 2 N–H and O–H groups in total. The first-order valence-electron chi connectivity index (χ1n) is 8.15. The number of piperidine rings is 1. The number of hydrogen-bond donors (Lipinski definition) is 2. The molecule has 0 unspecified atom stereocenters. The van der Waals surface area contributed by atoms with Gasteiger partial charge in [0.15, 0.2) is 0 Å². The lowest BCUT2D eigenvalue weighted by molar-refractivity contribution is 0.0693. The number of nitrogens with one attached hydrogen (secondary N) is 2. The van der Waals surface area contributed by atoms with Gasteiger partial charge in [-0.2, -0.15) is 0 Å². The summed E-state index contributed by atoms with van der Waals surface area (Å²) in [5, 5.41) is 2.70. The van der Waals surface area contributed by atoms with Crippen LogP contribution >= 0.6 is 0 Å². The zero-order valence-electron chi connectivity index (χ0n) is 14.5. The normalized spacial score (nSPS) is 20.3. The molecule has 3 rings (SSSR count). The Hall–Kier alpha value is -2.46. The van der Waals surface area contributed by atoms with Crippen molar-refractivity contribution < 1.29 is 22.8 Å². The van der Waals surface area contributed by atoms with E-state index in [1.165, 1.54) is 24.1 Å². The van der Waals surface area contributed by atoms with Crippen LogP contribution in [0.5, 0.6) is 0 Å². The fourth-order valence-electron chi connectivity index (χ4n) is 3.20. The van der Waals surface area contributed by atoms with Crippen LogP contribution in [0.2, 0.25) is 0 Å². The first kappa shape index (κ1) is 18.3. The second-order valence-corrected chi connectivity index (χ2v) is 8.32. The van der Waals surface area contributed by atoms with E-state index in [2.05, 4.69) is 10.0 Å². The lowest BCUT2D eigenvalue weighted by atomic mass is 10.1. The fraction of sp³-hybridized carbons (Fsp3) is 0.438. The molecule has 9 nitrogen and oxygen atoms in total. The Balaban J connectivity index is 1.69. The molecule has 0 bridgehead atoms. The van der Waals surface area contributed by atoms with E-state index in [0.717, 1.165) is 11.2 Å². The van der Waals surface area contributed by atoms with Crippen LogP contribution in [-0.4, -0.2) is 68.5 Å². The zero-order valence-corrected chi connectivity index (χ0v) is 15.3. The number of sulfonamides is 1. The summed E-state index contributed by atoms with van der Waals surface area (Å²) in [4.78, 5) is 39.0. The molecule has 1 aromatic rings. The Morgan fingerprint density at radius 2 is 1.88 bits per heavy atom. The van der Waals surface area contributed by atoms with E-state index in [1.807, 2.05) is 0 Å². The SMILES string of the molecule is CN1C(=O)c2ccc(NC(=O)N3CCC[C@H](NS(C)(=O)=O)C3)cc2C1=O. The zero-order chi connectivity index (χ0) is 19.1. The average molecular weight is 380 g/mol. The number of fused-ring (bicyclic) bond motifs is 1. The smallest absolute Gasteiger partial charge is 0.321 e. The van der Waals surface area contributed by atoms with Crippen LogP contribution in [0.15, 0.2) is 18.2 Å². The van der Waals surface area contributed by atoms with E-state index in [9.17, 15) is 22.8 Å². The Bertz CT molecular complexity index is 883. The lowest BCUT2D eigenvalue weighted by Crippen LogP contribution is -2.50. The predicted octanol–water partition coefficient (Wildman–Crippen LogP) is 0.458. The fourth-order valence-corrected chi connectivity index (χ4v) is 4.00. The number of anilines is 1. The van der Waals surface area contributed by atoms with Gasteiger partial charge in [-0.05, 0) is 31.0 Å². The number of benzene rings is 1. The molecule has 0 spiro atoms. The third kappa shape index (κ3) is 3.70. The highest BCUT2D eigenvalue weighted by Gasteiger charge is 2.33. The molecule has 2 aliphatic heterocycles. The molecule has 2 heterocycles. The van der Waals surface area contributed by atoms with E-state index in [0.29, 0.717) is 30.6 Å². The summed E-state index contributed by atoms with van der Waals surface area (Å²) in [5.74, 6) is -0.773. The van der Waals surface area contributed by atoms with Crippen LogP contribution in [0.25, 0.3) is 0 Å². The van der Waals surface area contributed by atoms with E-state index in [4.69, 9.17) is 0 Å². The number of urea groups is 1. The van der Waals surface area contributed by atoms with E-state index >= 15 is 0 Å². The Morgan fingerprint density at radius 3 is 2.58 bits per heavy atom. The highest BCUT2D eigenvalue weighted by Crippen LogP contribution is 2.25. The maximum atomic E-state index is 12.5. The van der Waals surface area contributed by atoms with Gasteiger partial charge in [-0.3, -0.25) is 14.5 Å². The van der Waals surface area contributed by atoms with E-state index in [1.54, 1.807) is 6.07 Å².